The summed E-state index contributed by atoms with van der Waals surface area (Å²) >= 11 is 1.81. The molecule has 0 atom stereocenters. The van der Waals surface area contributed by atoms with Gasteiger partial charge in [-0.2, -0.15) is 11.8 Å². The molecule has 0 saturated heterocycles. The molecule has 0 aliphatic carbocycles. The summed E-state index contributed by atoms with van der Waals surface area (Å²) < 4.78 is 0. The van der Waals surface area contributed by atoms with Crippen LogP contribution in [0.25, 0.3) is 0 Å². The Labute approximate surface area is 154 Å². The van der Waals surface area contributed by atoms with Crippen LogP contribution in [-0.4, -0.2) is 44.0 Å². The number of aliphatic imine (C=N–C) groups is 1. The van der Waals surface area contributed by atoms with E-state index >= 15 is 0 Å². The first kappa shape index (κ1) is 21.0. The monoisotopic (exact) mass is 436 g/mol. The van der Waals surface area contributed by atoms with Crippen molar-refractivity contribution in [2.45, 2.75) is 13.3 Å². The molecule has 0 aliphatic heterocycles. The number of thioether (sulfide) groups is 1. The van der Waals surface area contributed by atoms with Gasteiger partial charge in [0.05, 0.1) is 0 Å². The van der Waals surface area contributed by atoms with Gasteiger partial charge in [-0.3, -0.25) is 9.79 Å². The summed E-state index contributed by atoms with van der Waals surface area (Å²) in [6.07, 6.45) is 2.99. The maximum absolute atomic E-state index is 10.9. The van der Waals surface area contributed by atoms with Crippen molar-refractivity contribution in [3.05, 3.63) is 29.8 Å². The van der Waals surface area contributed by atoms with E-state index < -0.39 is 0 Å². The lowest BCUT2D eigenvalue weighted by Gasteiger charge is -2.11. The minimum Gasteiger partial charge on any atom is -0.356 e. The zero-order valence-electron chi connectivity index (χ0n) is 13.3. The number of hydrogen-bond acceptors (Lipinski definition) is 3. The summed E-state index contributed by atoms with van der Waals surface area (Å²) in [6, 6.07) is 7.89. The number of benzene rings is 1. The van der Waals surface area contributed by atoms with Gasteiger partial charge in [-0.15, -0.1) is 24.0 Å². The summed E-state index contributed by atoms with van der Waals surface area (Å²) in [5, 5.41) is 9.30. The van der Waals surface area contributed by atoms with Gasteiger partial charge in [0.15, 0.2) is 5.96 Å². The third-order valence-corrected chi connectivity index (χ3v) is 3.42. The second-order valence-corrected chi connectivity index (χ2v) is 5.53. The molecule has 7 heteroatoms. The summed E-state index contributed by atoms with van der Waals surface area (Å²) in [5.41, 5.74) is 2.05. The molecule has 22 heavy (non-hydrogen) atoms. The summed E-state index contributed by atoms with van der Waals surface area (Å²) in [4.78, 5) is 15.1. The van der Waals surface area contributed by atoms with Crippen LogP contribution in [0.3, 0.4) is 0 Å². The number of hydrogen-bond donors (Lipinski definition) is 3. The third-order valence-electron chi connectivity index (χ3n) is 2.80. The lowest BCUT2D eigenvalue weighted by atomic mass is 10.1. The number of amides is 1. The van der Waals surface area contributed by atoms with Crippen LogP contribution in [0.15, 0.2) is 29.3 Å². The van der Waals surface area contributed by atoms with E-state index in [9.17, 15) is 4.79 Å². The van der Waals surface area contributed by atoms with E-state index in [0.29, 0.717) is 0 Å². The second kappa shape index (κ2) is 12.6. The number of nitrogens with one attached hydrogen (secondary N) is 3. The van der Waals surface area contributed by atoms with E-state index in [4.69, 9.17) is 0 Å². The Kier molecular flexibility index (Phi) is 12.0. The topological polar surface area (TPSA) is 65.5 Å². The predicted molar refractivity (Wildman–Crippen MR) is 108 cm³/mol. The van der Waals surface area contributed by atoms with E-state index in [1.165, 1.54) is 12.5 Å². The van der Waals surface area contributed by atoms with E-state index in [1.54, 1.807) is 18.8 Å². The molecule has 0 radical (unpaired) electrons. The molecule has 1 amide bonds. The lowest BCUT2D eigenvalue weighted by Crippen LogP contribution is -2.39. The first-order valence-corrected chi connectivity index (χ1v) is 8.35. The van der Waals surface area contributed by atoms with Crippen molar-refractivity contribution in [2.75, 3.05) is 37.5 Å². The van der Waals surface area contributed by atoms with Crippen molar-refractivity contribution in [2.24, 2.45) is 4.99 Å². The van der Waals surface area contributed by atoms with Gasteiger partial charge in [-0.1, -0.05) is 12.1 Å². The van der Waals surface area contributed by atoms with Gasteiger partial charge in [0.2, 0.25) is 5.91 Å². The molecule has 0 heterocycles. The SMILES string of the molecule is CN=C(NCCSC)NCCc1ccc(NC(C)=O)cc1.I. The molecule has 3 N–H and O–H groups in total. The molecule has 0 aliphatic rings. The predicted octanol–water partition coefficient (Wildman–Crippen LogP) is 2.33. The summed E-state index contributed by atoms with van der Waals surface area (Å²) in [6.45, 7) is 3.23. The maximum Gasteiger partial charge on any atom is 0.221 e. The van der Waals surface area contributed by atoms with Crippen molar-refractivity contribution < 1.29 is 4.79 Å². The highest BCUT2D eigenvalue weighted by atomic mass is 127. The maximum atomic E-state index is 10.9. The van der Waals surface area contributed by atoms with Crippen LogP contribution in [0.2, 0.25) is 0 Å². The van der Waals surface area contributed by atoms with Gasteiger partial charge in [0, 0.05) is 38.5 Å². The first-order chi connectivity index (χ1) is 10.2. The third kappa shape index (κ3) is 9.14. The zero-order valence-corrected chi connectivity index (χ0v) is 16.5. The summed E-state index contributed by atoms with van der Waals surface area (Å²) in [5.74, 6) is 1.84. The number of carbonyl (C=O) groups excluding carboxylic acids is 1. The van der Waals surface area contributed by atoms with Crippen molar-refractivity contribution in [3.8, 4) is 0 Å². The van der Waals surface area contributed by atoms with Crippen molar-refractivity contribution in [1.82, 2.24) is 10.6 Å². The van der Waals surface area contributed by atoms with Crippen LogP contribution < -0.4 is 16.0 Å². The van der Waals surface area contributed by atoms with Crippen LogP contribution in [0.1, 0.15) is 12.5 Å². The van der Waals surface area contributed by atoms with Crippen LogP contribution in [0.5, 0.6) is 0 Å². The molecule has 0 fully saturated rings. The smallest absolute Gasteiger partial charge is 0.221 e. The Morgan fingerprint density at radius 1 is 1.18 bits per heavy atom. The minimum atomic E-state index is -0.0514. The van der Waals surface area contributed by atoms with Crippen molar-refractivity contribution >= 4 is 53.3 Å². The van der Waals surface area contributed by atoms with E-state index in [-0.39, 0.29) is 29.9 Å². The molecule has 0 aromatic heterocycles. The minimum absolute atomic E-state index is 0. The highest BCUT2D eigenvalue weighted by Gasteiger charge is 1.99. The molecule has 0 unspecified atom stereocenters. The number of anilines is 1. The zero-order chi connectivity index (χ0) is 15.5. The molecule has 0 bridgehead atoms. The van der Waals surface area contributed by atoms with E-state index in [0.717, 1.165) is 36.9 Å². The lowest BCUT2D eigenvalue weighted by molar-refractivity contribution is -0.114. The van der Waals surface area contributed by atoms with Gasteiger partial charge in [0.1, 0.15) is 0 Å². The summed E-state index contributed by atoms with van der Waals surface area (Å²) in [7, 11) is 1.77. The standard InChI is InChI=1S/C15H24N4OS.HI/c1-12(20)19-14-6-4-13(5-7-14)8-9-17-15(16-2)18-10-11-21-3;/h4-7H,8-11H2,1-3H3,(H,19,20)(H2,16,17,18);1H. The number of rotatable bonds is 7. The number of nitrogens with zero attached hydrogens (tertiary/aromatic N) is 1. The van der Waals surface area contributed by atoms with Crippen molar-refractivity contribution in [1.29, 1.82) is 0 Å². The Bertz CT molecular complexity index is 465. The Balaban J connectivity index is 0.00000441. The average molecular weight is 436 g/mol. The first-order valence-electron chi connectivity index (χ1n) is 6.95. The van der Waals surface area contributed by atoms with Gasteiger partial charge in [-0.05, 0) is 30.4 Å². The second-order valence-electron chi connectivity index (χ2n) is 4.55. The van der Waals surface area contributed by atoms with Gasteiger partial charge in [0.25, 0.3) is 0 Å². The van der Waals surface area contributed by atoms with Crippen LogP contribution in [-0.2, 0) is 11.2 Å². The Hall–Kier alpha value is -0.960. The molecule has 124 valence electrons. The average Bonchev–Trinajstić information content (AvgIpc) is 2.47. The highest BCUT2D eigenvalue weighted by molar-refractivity contribution is 14.0. The van der Waals surface area contributed by atoms with Gasteiger partial charge in [-0.25, -0.2) is 0 Å². The number of carbonyl (C=O) groups is 1. The van der Waals surface area contributed by atoms with E-state index in [2.05, 4.69) is 27.2 Å². The number of halogens is 1. The quantitative estimate of drug-likeness (QED) is 0.266. The largest absolute Gasteiger partial charge is 0.356 e. The molecule has 1 rings (SSSR count). The highest BCUT2D eigenvalue weighted by Crippen LogP contribution is 2.09. The molecule has 0 spiro atoms. The van der Waals surface area contributed by atoms with Crippen LogP contribution in [0, 0.1) is 0 Å². The fraction of sp³-hybridized carbons (Fsp3) is 0.467. The van der Waals surface area contributed by atoms with Crippen LogP contribution in [0.4, 0.5) is 5.69 Å². The Morgan fingerprint density at radius 2 is 1.82 bits per heavy atom. The van der Waals surface area contributed by atoms with Gasteiger partial charge < -0.3 is 16.0 Å². The molecule has 5 nitrogen and oxygen atoms in total. The van der Waals surface area contributed by atoms with Crippen LogP contribution >= 0.6 is 35.7 Å². The molecule has 1 aromatic rings. The fourth-order valence-corrected chi connectivity index (χ4v) is 2.08. The fourth-order valence-electron chi connectivity index (χ4n) is 1.78. The Morgan fingerprint density at radius 3 is 2.36 bits per heavy atom. The normalized spacial score (nSPS) is 10.6. The van der Waals surface area contributed by atoms with Crippen molar-refractivity contribution in [3.63, 3.8) is 0 Å². The molecular formula is C15H25IN4OS. The molecular weight excluding hydrogens is 411 g/mol. The van der Waals surface area contributed by atoms with Gasteiger partial charge >= 0.3 is 0 Å². The molecule has 0 saturated carbocycles. The molecule has 1 aromatic carbocycles. The number of guanidine groups is 1. The van der Waals surface area contributed by atoms with E-state index in [1.807, 2.05) is 24.3 Å².